The highest BCUT2D eigenvalue weighted by Crippen LogP contribution is 2.44. The summed E-state index contributed by atoms with van der Waals surface area (Å²) in [7, 11) is 0. The Balaban J connectivity index is 1.16. The largest absolute Gasteiger partial charge is 0.456 e. The summed E-state index contributed by atoms with van der Waals surface area (Å²) in [5.41, 5.74) is 9.87. The molecule has 3 heteroatoms. The maximum atomic E-state index is 6.24. The number of hydrogen-bond acceptors (Lipinski definition) is 3. The molecule has 8 aromatic carbocycles. The SMILES string of the molecule is c1cc(-c2ccc3ccccc3c2)cc(N(c2cccc(-c3cccc4c3sc3ccccc34)c2)c2ccc3oc4ccccc4c3c2)c1. The van der Waals surface area contributed by atoms with Gasteiger partial charge in [0.1, 0.15) is 11.2 Å². The third-order valence-electron chi connectivity index (χ3n) is 9.63. The average molecular weight is 644 g/mol. The van der Waals surface area contributed by atoms with Gasteiger partial charge in [-0.15, -0.1) is 11.3 Å². The molecule has 0 saturated heterocycles. The first-order valence-corrected chi connectivity index (χ1v) is 17.4. The van der Waals surface area contributed by atoms with Gasteiger partial charge < -0.3 is 9.32 Å². The van der Waals surface area contributed by atoms with Crippen molar-refractivity contribution in [2.75, 3.05) is 4.90 Å². The Hall–Kier alpha value is -6.16. The van der Waals surface area contributed by atoms with Crippen LogP contribution in [-0.2, 0) is 0 Å². The summed E-state index contributed by atoms with van der Waals surface area (Å²) in [6.45, 7) is 0. The van der Waals surface area contributed by atoms with Crippen LogP contribution >= 0.6 is 11.3 Å². The molecule has 0 unspecified atom stereocenters. The van der Waals surface area contributed by atoms with Gasteiger partial charge in [0.05, 0.1) is 0 Å². The molecule has 230 valence electrons. The molecular formula is C46H29NOS. The lowest BCUT2D eigenvalue weighted by Gasteiger charge is -2.26. The van der Waals surface area contributed by atoms with Crippen molar-refractivity contribution in [2.45, 2.75) is 0 Å². The number of benzene rings is 8. The monoisotopic (exact) mass is 643 g/mol. The lowest BCUT2D eigenvalue weighted by atomic mass is 9.99. The molecule has 0 atom stereocenters. The second-order valence-electron chi connectivity index (χ2n) is 12.6. The summed E-state index contributed by atoms with van der Waals surface area (Å²) in [6, 6.07) is 63.4. The van der Waals surface area contributed by atoms with E-state index in [1.54, 1.807) is 0 Å². The van der Waals surface area contributed by atoms with Crippen LogP contribution in [0, 0.1) is 0 Å². The highest BCUT2D eigenvalue weighted by Gasteiger charge is 2.18. The van der Waals surface area contributed by atoms with Crippen LogP contribution in [0.4, 0.5) is 17.1 Å². The highest BCUT2D eigenvalue weighted by atomic mass is 32.1. The lowest BCUT2D eigenvalue weighted by Crippen LogP contribution is -2.10. The first-order valence-electron chi connectivity index (χ1n) is 16.6. The minimum Gasteiger partial charge on any atom is -0.456 e. The Morgan fingerprint density at radius 3 is 1.94 bits per heavy atom. The second-order valence-corrected chi connectivity index (χ2v) is 13.6. The van der Waals surface area contributed by atoms with Gasteiger partial charge >= 0.3 is 0 Å². The summed E-state index contributed by atoms with van der Waals surface area (Å²) in [5, 5.41) is 7.33. The summed E-state index contributed by atoms with van der Waals surface area (Å²) in [6.07, 6.45) is 0. The lowest BCUT2D eigenvalue weighted by molar-refractivity contribution is 0.669. The van der Waals surface area contributed by atoms with Crippen LogP contribution < -0.4 is 4.90 Å². The highest BCUT2D eigenvalue weighted by molar-refractivity contribution is 7.26. The molecule has 2 aromatic heterocycles. The van der Waals surface area contributed by atoms with Crippen molar-refractivity contribution in [1.82, 2.24) is 0 Å². The molecule has 0 N–H and O–H groups in total. The molecule has 49 heavy (non-hydrogen) atoms. The fraction of sp³-hybridized carbons (Fsp3) is 0. The standard InChI is InChI=1S/C46H29NOS/c1-2-11-31-26-33(23-22-30(31)10-1)32-12-7-14-35(27-32)47(37-24-25-44-42(29-37)39-16-3-5-20-43(39)48-44)36-15-8-13-34(28-36)38-18-9-19-41-40-17-4-6-21-45(40)49-46(38)41/h1-29H. The van der Waals surface area contributed by atoms with Gasteiger partial charge in [-0.1, -0.05) is 115 Å². The fourth-order valence-corrected chi connectivity index (χ4v) is 8.52. The van der Waals surface area contributed by atoms with E-state index in [2.05, 4.69) is 169 Å². The molecule has 10 aromatic rings. The second kappa shape index (κ2) is 11.2. The molecule has 2 nitrogen and oxygen atoms in total. The van der Waals surface area contributed by atoms with Gasteiger partial charge in [-0.3, -0.25) is 0 Å². The van der Waals surface area contributed by atoms with E-state index < -0.39 is 0 Å². The van der Waals surface area contributed by atoms with Crippen molar-refractivity contribution in [3.63, 3.8) is 0 Å². The summed E-state index contributed by atoms with van der Waals surface area (Å²) in [5.74, 6) is 0. The van der Waals surface area contributed by atoms with E-state index >= 15 is 0 Å². The van der Waals surface area contributed by atoms with Gasteiger partial charge in [0.15, 0.2) is 0 Å². The van der Waals surface area contributed by atoms with Crippen molar-refractivity contribution in [2.24, 2.45) is 0 Å². The van der Waals surface area contributed by atoms with Gasteiger partial charge in [-0.2, -0.15) is 0 Å². The number of para-hydroxylation sites is 1. The molecule has 0 radical (unpaired) electrons. The number of fused-ring (bicyclic) bond motifs is 7. The molecule has 0 bridgehead atoms. The molecular weight excluding hydrogens is 615 g/mol. The van der Waals surface area contributed by atoms with E-state index in [4.69, 9.17) is 4.42 Å². The minimum absolute atomic E-state index is 0.889. The fourth-order valence-electron chi connectivity index (χ4n) is 7.28. The van der Waals surface area contributed by atoms with Crippen LogP contribution in [0.2, 0.25) is 0 Å². The smallest absolute Gasteiger partial charge is 0.135 e. The Morgan fingerprint density at radius 2 is 1.04 bits per heavy atom. The van der Waals surface area contributed by atoms with Crippen LogP contribution in [0.1, 0.15) is 0 Å². The zero-order chi connectivity index (χ0) is 32.3. The third kappa shape index (κ3) is 4.70. The predicted octanol–water partition coefficient (Wildman–Crippen LogP) is 13.9. The quantitative estimate of drug-likeness (QED) is 0.186. The number of rotatable bonds is 5. The Bertz CT molecular complexity index is 2860. The van der Waals surface area contributed by atoms with E-state index in [1.165, 1.54) is 53.2 Å². The molecule has 10 rings (SSSR count). The van der Waals surface area contributed by atoms with E-state index in [0.29, 0.717) is 0 Å². The Morgan fingerprint density at radius 1 is 0.388 bits per heavy atom. The number of thiophene rings is 1. The van der Waals surface area contributed by atoms with E-state index in [1.807, 2.05) is 23.5 Å². The maximum absolute atomic E-state index is 6.24. The molecule has 0 spiro atoms. The number of hydrogen-bond donors (Lipinski definition) is 0. The Kier molecular flexibility index (Phi) is 6.39. The maximum Gasteiger partial charge on any atom is 0.135 e. The molecule has 0 saturated carbocycles. The predicted molar refractivity (Wildman–Crippen MR) is 210 cm³/mol. The van der Waals surface area contributed by atoms with Crippen LogP contribution in [0.25, 0.3) is 75.1 Å². The van der Waals surface area contributed by atoms with Crippen LogP contribution in [0.5, 0.6) is 0 Å². The first-order chi connectivity index (χ1) is 24.3. The van der Waals surface area contributed by atoms with Crippen molar-refractivity contribution >= 4 is 81.3 Å². The average Bonchev–Trinajstić information content (AvgIpc) is 3.73. The minimum atomic E-state index is 0.889. The number of nitrogens with zero attached hydrogens (tertiary/aromatic N) is 1. The van der Waals surface area contributed by atoms with Crippen molar-refractivity contribution in [3.05, 3.63) is 176 Å². The first kappa shape index (κ1) is 27.9. The summed E-state index contributed by atoms with van der Waals surface area (Å²) >= 11 is 1.87. The molecule has 0 amide bonds. The van der Waals surface area contributed by atoms with Crippen molar-refractivity contribution in [1.29, 1.82) is 0 Å². The Labute approximate surface area is 287 Å². The zero-order valence-corrected chi connectivity index (χ0v) is 27.3. The van der Waals surface area contributed by atoms with Gasteiger partial charge in [-0.25, -0.2) is 0 Å². The summed E-state index contributed by atoms with van der Waals surface area (Å²) < 4.78 is 8.87. The number of furan rings is 1. The van der Waals surface area contributed by atoms with Crippen LogP contribution in [0.15, 0.2) is 180 Å². The van der Waals surface area contributed by atoms with Crippen LogP contribution in [-0.4, -0.2) is 0 Å². The molecule has 0 aliphatic heterocycles. The molecule has 0 aliphatic carbocycles. The van der Waals surface area contributed by atoms with Gasteiger partial charge in [0.25, 0.3) is 0 Å². The molecule has 0 fully saturated rings. The van der Waals surface area contributed by atoms with Crippen molar-refractivity contribution in [3.8, 4) is 22.3 Å². The van der Waals surface area contributed by atoms with Crippen LogP contribution in [0.3, 0.4) is 0 Å². The van der Waals surface area contributed by atoms with Gasteiger partial charge in [0, 0.05) is 48.0 Å². The topological polar surface area (TPSA) is 16.4 Å². The van der Waals surface area contributed by atoms with Gasteiger partial charge in [-0.05, 0) is 93.7 Å². The summed E-state index contributed by atoms with van der Waals surface area (Å²) in [4.78, 5) is 2.38. The van der Waals surface area contributed by atoms with E-state index in [9.17, 15) is 0 Å². The third-order valence-corrected chi connectivity index (χ3v) is 10.8. The van der Waals surface area contributed by atoms with Gasteiger partial charge in [0.2, 0.25) is 0 Å². The van der Waals surface area contributed by atoms with E-state index in [-0.39, 0.29) is 0 Å². The van der Waals surface area contributed by atoms with Crippen molar-refractivity contribution < 1.29 is 4.42 Å². The normalized spacial score (nSPS) is 11.7. The van der Waals surface area contributed by atoms with E-state index in [0.717, 1.165) is 39.0 Å². The zero-order valence-electron chi connectivity index (χ0n) is 26.5. The number of anilines is 3. The molecule has 0 aliphatic rings. The molecule has 2 heterocycles.